The summed E-state index contributed by atoms with van der Waals surface area (Å²) in [5.74, 6) is -1.71. The minimum absolute atomic E-state index is 0.125. The summed E-state index contributed by atoms with van der Waals surface area (Å²) in [6, 6.07) is 2.88. The molecule has 0 bridgehead atoms. The molecule has 1 N–H and O–H groups in total. The highest BCUT2D eigenvalue weighted by atomic mass is 79.9. The Labute approximate surface area is 142 Å². The molecule has 7 heteroatoms. The fourth-order valence-electron chi connectivity index (χ4n) is 3.44. The van der Waals surface area contributed by atoms with Crippen LogP contribution in [0.3, 0.4) is 0 Å². The van der Waals surface area contributed by atoms with Crippen molar-refractivity contribution in [2.45, 2.75) is 31.2 Å². The minimum Gasteiger partial charge on any atom is -0.343 e. The molecule has 124 valence electrons. The van der Waals surface area contributed by atoms with Gasteiger partial charge in [-0.25, -0.2) is 4.39 Å². The minimum atomic E-state index is -0.874. The molecule has 0 radical (unpaired) electrons. The van der Waals surface area contributed by atoms with Gasteiger partial charge in [0, 0.05) is 13.1 Å². The second kappa shape index (κ2) is 5.96. The zero-order valence-electron chi connectivity index (χ0n) is 13.0. The largest absolute Gasteiger partial charge is 0.343 e. The molecule has 1 spiro atoms. The van der Waals surface area contributed by atoms with E-state index in [-0.39, 0.29) is 16.2 Å². The number of Topliss-reactive ketones (excluding diaryl/α,β-unsaturated/α-hetero) is 1. The maximum Gasteiger partial charge on any atom is 0.235 e. The van der Waals surface area contributed by atoms with Crippen molar-refractivity contribution in [3.05, 3.63) is 33.5 Å². The predicted octanol–water partition coefficient (Wildman–Crippen LogP) is 2.08. The molecule has 1 aromatic rings. The summed E-state index contributed by atoms with van der Waals surface area (Å²) < 4.78 is 13.9. The van der Waals surface area contributed by atoms with Gasteiger partial charge in [0.05, 0.1) is 11.6 Å². The van der Waals surface area contributed by atoms with E-state index in [2.05, 4.69) is 21.2 Å². The molecule has 2 aliphatic heterocycles. The first-order chi connectivity index (χ1) is 10.9. The van der Waals surface area contributed by atoms with E-state index in [1.165, 1.54) is 12.1 Å². The Morgan fingerprint density at radius 3 is 2.61 bits per heavy atom. The van der Waals surface area contributed by atoms with Crippen molar-refractivity contribution in [3.63, 3.8) is 0 Å². The van der Waals surface area contributed by atoms with Crippen molar-refractivity contribution in [2.75, 3.05) is 20.2 Å². The predicted molar refractivity (Wildman–Crippen MR) is 85.3 cm³/mol. The van der Waals surface area contributed by atoms with E-state index in [9.17, 15) is 14.0 Å². The highest BCUT2D eigenvalue weighted by molar-refractivity contribution is 9.10. The Kier molecular flexibility index (Phi) is 4.29. The number of hydrogen-bond acceptors (Lipinski definition) is 4. The van der Waals surface area contributed by atoms with Crippen LogP contribution in [0.1, 0.15) is 29.9 Å². The first-order valence-electron chi connectivity index (χ1n) is 7.49. The van der Waals surface area contributed by atoms with Gasteiger partial charge in [0.1, 0.15) is 17.3 Å². The quantitative estimate of drug-likeness (QED) is 0.793. The summed E-state index contributed by atoms with van der Waals surface area (Å²) in [5.41, 5.74) is 0.335. The van der Waals surface area contributed by atoms with E-state index in [0.717, 1.165) is 0 Å². The fourth-order valence-corrected chi connectivity index (χ4v) is 3.80. The number of rotatable bonds is 2. The molecule has 1 amide bonds. The average Bonchev–Trinajstić information content (AvgIpc) is 2.75. The van der Waals surface area contributed by atoms with Gasteiger partial charge in [0.25, 0.3) is 0 Å². The van der Waals surface area contributed by atoms with Gasteiger partial charge in [0.2, 0.25) is 5.91 Å². The number of nitrogens with zero attached hydrogens (tertiary/aromatic N) is 1. The lowest BCUT2D eigenvalue weighted by Gasteiger charge is -2.36. The molecule has 1 aromatic carbocycles. The maximum atomic E-state index is 13.6. The van der Waals surface area contributed by atoms with Crippen LogP contribution in [0.2, 0.25) is 0 Å². The van der Waals surface area contributed by atoms with E-state index in [0.29, 0.717) is 37.1 Å². The fraction of sp³-hybridized carbons (Fsp3) is 0.500. The highest BCUT2D eigenvalue weighted by Crippen LogP contribution is 2.38. The standard InChI is InChI=1S/C16H18BrFN2O3/c1-9-7-12(18)11(17)8-10(9)13-14(21)16(19-15(13)22)3-5-20(23-2)6-4-16/h7-8,13H,3-6H2,1-2H3,(H,19,22). The first kappa shape index (κ1) is 16.5. The molecule has 2 fully saturated rings. The van der Waals surface area contributed by atoms with E-state index in [4.69, 9.17) is 4.84 Å². The maximum absolute atomic E-state index is 13.6. The van der Waals surface area contributed by atoms with E-state index >= 15 is 0 Å². The van der Waals surface area contributed by atoms with Crippen molar-refractivity contribution in [1.82, 2.24) is 10.4 Å². The lowest BCUT2D eigenvalue weighted by molar-refractivity contribution is -0.157. The summed E-state index contributed by atoms with van der Waals surface area (Å²) >= 11 is 3.13. The Morgan fingerprint density at radius 1 is 1.35 bits per heavy atom. The van der Waals surface area contributed by atoms with Crippen LogP contribution in [0, 0.1) is 12.7 Å². The summed E-state index contributed by atoms with van der Waals surface area (Å²) in [5, 5.41) is 4.67. The van der Waals surface area contributed by atoms with E-state index in [1.54, 1.807) is 19.1 Å². The van der Waals surface area contributed by atoms with Crippen LogP contribution in [-0.2, 0) is 14.4 Å². The monoisotopic (exact) mass is 384 g/mol. The topological polar surface area (TPSA) is 58.6 Å². The van der Waals surface area contributed by atoms with Gasteiger partial charge in [-0.2, -0.15) is 5.06 Å². The van der Waals surface area contributed by atoms with Crippen LogP contribution >= 0.6 is 15.9 Å². The third-order valence-corrected chi connectivity index (χ3v) is 5.42. The molecule has 2 aliphatic rings. The number of aryl methyl sites for hydroxylation is 1. The molecule has 2 heterocycles. The first-order valence-corrected chi connectivity index (χ1v) is 8.28. The number of hydroxylamine groups is 2. The van der Waals surface area contributed by atoms with Gasteiger partial charge in [-0.05, 0) is 59.0 Å². The van der Waals surface area contributed by atoms with Gasteiger partial charge < -0.3 is 10.2 Å². The molecule has 23 heavy (non-hydrogen) atoms. The number of halogens is 2. The molecule has 3 rings (SSSR count). The third kappa shape index (κ3) is 2.70. The van der Waals surface area contributed by atoms with Crippen LogP contribution < -0.4 is 5.32 Å². The van der Waals surface area contributed by atoms with Crippen LogP contribution in [-0.4, -0.2) is 42.5 Å². The molecule has 1 atom stereocenters. The summed E-state index contributed by atoms with van der Waals surface area (Å²) in [7, 11) is 1.59. The molecular weight excluding hydrogens is 367 g/mol. The molecule has 0 aliphatic carbocycles. The molecular formula is C16H18BrFN2O3. The number of hydrogen-bond donors (Lipinski definition) is 1. The Morgan fingerprint density at radius 2 is 2.00 bits per heavy atom. The number of nitrogens with one attached hydrogen (secondary N) is 1. The molecule has 2 saturated heterocycles. The second-order valence-electron chi connectivity index (χ2n) is 6.10. The molecule has 5 nitrogen and oxygen atoms in total. The summed E-state index contributed by atoms with van der Waals surface area (Å²) in [4.78, 5) is 30.6. The van der Waals surface area contributed by atoms with Crippen molar-refractivity contribution < 1.29 is 18.8 Å². The zero-order chi connectivity index (χ0) is 16.8. The Balaban J connectivity index is 1.92. The van der Waals surface area contributed by atoms with Crippen molar-refractivity contribution >= 4 is 27.6 Å². The van der Waals surface area contributed by atoms with Crippen molar-refractivity contribution in [3.8, 4) is 0 Å². The Bertz CT molecular complexity index is 672. The third-order valence-electron chi connectivity index (χ3n) is 4.81. The van der Waals surface area contributed by atoms with Crippen LogP contribution in [0.4, 0.5) is 4.39 Å². The van der Waals surface area contributed by atoms with E-state index < -0.39 is 17.3 Å². The number of amides is 1. The van der Waals surface area contributed by atoms with Gasteiger partial charge >= 0.3 is 0 Å². The molecule has 0 aromatic heterocycles. The smallest absolute Gasteiger partial charge is 0.235 e. The number of carbonyl (C=O) groups excluding carboxylic acids is 2. The summed E-state index contributed by atoms with van der Waals surface area (Å²) in [6.07, 6.45) is 1.03. The second-order valence-corrected chi connectivity index (χ2v) is 6.96. The normalized spacial score (nSPS) is 24.3. The van der Waals surface area contributed by atoms with Gasteiger partial charge in [0.15, 0.2) is 5.78 Å². The van der Waals surface area contributed by atoms with Crippen molar-refractivity contribution in [2.24, 2.45) is 0 Å². The van der Waals surface area contributed by atoms with Gasteiger partial charge in [-0.15, -0.1) is 0 Å². The zero-order valence-corrected chi connectivity index (χ0v) is 14.6. The van der Waals surface area contributed by atoms with Crippen molar-refractivity contribution in [1.29, 1.82) is 0 Å². The lowest BCUT2D eigenvalue weighted by Crippen LogP contribution is -2.54. The Hall–Kier alpha value is -1.31. The molecule has 1 unspecified atom stereocenters. The van der Waals surface area contributed by atoms with Gasteiger partial charge in [-0.1, -0.05) is 0 Å². The van der Waals surface area contributed by atoms with Crippen LogP contribution in [0.25, 0.3) is 0 Å². The van der Waals surface area contributed by atoms with Crippen LogP contribution in [0.5, 0.6) is 0 Å². The number of carbonyl (C=O) groups is 2. The van der Waals surface area contributed by atoms with Gasteiger partial charge in [-0.3, -0.25) is 9.59 Å². The SMILES string of the molecule is CON1CCC2(CC1)NC(=O)C(c1cc(Br)c(F)cc1C)C2=O. The average molecular weight is 385 g/mol. The summed E-state index contributed by atoms with van der Waals surface area (Å²) in [6.45, 7) is 2.88. The molecule has 0 saturated carbocycles. The highest BCUT2D eigenvalue weighted by Gasteiger charge is 2.54. The number of ketones is 1. The van der Waals surface area contributed by atoms with Crippen LogP contribution in [0.15, 0.2) is 16.6 Å². The lowest BCUT2D eigenvalue weighted by atomic mass is 9.80. The van der Waals surface area contributed by atoms with E-state index in [1.807, 2.05) is 0 Å². The number of piperidine rings is 1. The number of benzene rings is 1.